The van der Waals surface area contributed by atoms with Gasteiger partial charge >= 0.3 is 0 Å². The van der Waals surface area contributed by atoms with E-state index < -0.39 is 0 Å². The van der Waals surface area contributed by atoms with Crippen molar-refractivity contribution in [3.05, 3.63) is 35.4 Å². The summed E-state index contributed by atoms with van der Waals surface area (Å²) in [5, 5.41) is 1.14. The summed E-state index contributed by atoms with van der Waals surface area (Å²) in [6.07, 6.45) is 5.38. The third-order valence-corrected chi connectivity index (χ3v) is 4.94. The summed E-state index contributed by atoms with van der Waals surface area (Å²) < 4.78 is 0. The molecule has 1 atom stereocenters. The van der Waals surface area contributed by atoms with Crippen LogP contribution in [0.5, 0.6) is 0 Å². The SMILES string of the molecule is CC(C)(C)c1ccc(CN2CCCC2CCCBr)cc1. The normalized spacial score (nSPS) is 20.5. The van der Waals surface area contributed by atoms with E-state index in [1.165, 1.54) is 43.4 Å². The molecule has 1 fully saturated rings. The highest BCUT2D eigenvalue weighted by Crippen LogP contribution is 2.26. The Morgan fingerprint density at radius 1 is 1.20 bits per heavy atom. The van der Waals surface area contributed by atoms with E-state index in [0.717, 1.165) is 17.9 Å². The number of rotatable bonds is 5. The van der Waals surface area contributed by atoms with Crippen molar-refractivity contribution in [1.82, 2.24) is 4.90 Å². The second-order valence-corrected chi connectivity index (χ2v) is 7.84. The average Bonchev–Trinajstić information content (AvgIpc) is 2.83. The maximum absolute atomic E-state index is 3.55. The van der Waals surface area contributed by atoms with Gasteiger partial charge in [-0.3, -0.25) is 4.90 Å². The van der Waals surface area contributed by atoms with Crippen LogP contribution < -0.4 is 0 Å². The zero-order chi connectivity index (χ0) is 14.6. The lowest BCUT2D eigenvalue weighted by Crippen LogP contribution is -2.29. The van der Waals surface area contributed by atoms with Crippen LogP contribution in [0.3, 0.4) is 0 Å². The van der Waals surface area contributed by atoms with E-state index in [1.54, 1.807) is 0 Å². The summed E-state index contributed by atoms with van der Waals surface area (Å²) in [7, 11) is 0. The summed E-state index contributed by atoms with van der Waals surface area (Å²) in [4.78, 5) is 2.68. The van der Waals surface area contributed by atoms with Gasteiger partial charge < -0.3 is 0 Å². The van der Waals surface area contributed by atoms with Gasteiger partial charge in [0.05, 0.1) is 0 Å². The number of hydrogen-bond acceptors (Lipinski definition) is 1. The van der Waals surface area contributed by atoms with Gasteiger partial charge in [-0.15, -0.1) is 0 Å². The van der Waals surface area contributed by atoms with Crippen LogP contribution >= 0.6 is 15.9 Å². The van der Waals surface area contributed by atoms with E-state index in [2.05, 4.69) is 65.9 Å². The molecule has 1 saturated heterocycles. The van der Waals surface area contributed by atoms with Crippen molar-refractivity contribution in [2.75, 3.05) is 11.9 Å². The molecule has 1 aliphatic rings. The molecule has 1 nitrogen and oxygen atoms in total. The summed E-state index contributed by atoms with van der Waals surface area (Å²) in [5.41, 5.74) is 3.15. The third-order valence-electron chi connectivity index (χ3n) is 4.38. The van der Waals surface area contributed by atoms with Gasteiger partial charge in [0.1, 0.15) is 0 Å². The molecule has 0 radical (unpaired) electrons. The zero-order valence-electron chi connectivity index (χ0n) is 13.2. The Hall–Kier alpha value is -0.340. The maximum Gasteiger partial charge on any atom is 0.0236 e. The topological polar surface area (TPSA) is 3.24 Å². The molecule has 112 valence electrons. The smallest absolute Gasteiger partial charge is 0.0236 e. The summed E-state index contributed by atoms with van der Waals surface area (Å²) in [6, 6.07) is 10.0. The van der Waals surface area contributed by atoms with E-state index in [-0.39, 0.29) is 5.41 Å². The first-order valence-corrected chi connectivity index (χ1v) is 9.02. The number of nitrogens with zero attached hydrogens (tertiary/aromatic N) is 1. The Balaban J connectivity index is 1.95. The number of halogens is 1. The van der Waals surface area contributed by atoms with Crippen LogP contribution in [0.1, 0.15) is 57.6 Å². The Labute approximate surface area is 132 Å². The van der Waals surface area contributed by atoms with Crippen molar-refractivity contribution in [3.8, 4) is 0 Å². The van der Waals surface area contributed by atoms with Crippen molar-refractivity contribution >= 4 is 15.9 Å². The lowest BCUT2D eigenvalue weighted by molar-refractivity contribution is 0.234. The fourth-order valence-electron chi connectivity index (χ4n) is 3.09. The molecule has 1 unspecified atom stereocenters. The molecule has 0 bridgehead atoms. The van der Waals surface area contributed by atoms with Crippen LogP contribution in [0.25, 0.3) is 0 Å². The van der Waals surface area contributed by atoms with Crippen LogP contribution in [0.4, 0.5) is 0 Å². The molecular weight excluding hydrogens is 310 g/mol. The first kappa shape index (κ1) is 16.0. The fraction of sp³-hybridized carbons (Fsp3) is 0.667. The monoisotopic (exact) mass is 337 g/mol. The zero-order valence-corrected chi connectivity index (χ0v) is 14.7. The van der Waals surface area contributed by atoms with Gasteiger partial charge in [0.15, 0.2) is 0 Å². The van der Waals surface area contributed by atoms with Crippen LogP contribution in [0.15, 0.2) is 24.3 Å². The lowest BCUT2D eigenvalue weighted by atomic mass is 9.87. The molecule has 0 aromatic heterocycles. The summed E-state index contributed by atoms with van der Waals surface area (Å²) in [6.45, 7) is 9.22. The van der Waals surface area contributed by atoms with Gasteiger partial charge in [0, 0.05) is 17.9 Å². The largest absolute Gasteiger partial charge is 0.296 e. The highest BCUT2D eigenvalue weighted by atomic mass is 79.9. The molecule has 1 heterocycles. The molecule has 1 aromatic carbocycles. The van der Waals surface area contributed by atoms with E-state index in [1.807, 2.05) is 0 Å². The van der Waals surface area contributed by atoms with Crippen molar-refractivity contribution < 1.29 is 0 Å². The molecular formula is C18H28BrN. The van der Waals surface area contributed by atoms with Gasteiger partial charge in [-0.1, -0.05) is 61.0 Å². The van der Waals surface area contributed by atoms with E-state index in [9.17, 15) is 0 Å². The highest BCUT2D eigenvalue weighted by molar-refractivity contribution is 9.09. The Bertz CT molecular complexity index is 404. The molecule has 0 saturated carbocycles. The molecule has 2 heteroatoms. The lowest BCUT2D eigenvalue weighted by Gasteiger charge is -2.25. The molecule has 2 rings (SSSR count). The quantitative estimate of drug-likeness (QED) is 0.673. The minimum Gasteiger partial charge on any atom is -0.296 e. The molecule has 0 spiro atoms. The van der Waals surface area contributed by atoms with Gasteiger partial charge in [-0.2, -0.15) is 0 Å². The van der Waals surface area contributed by atoms with E-state index >= 15 is 0 Å². The van der Waals surface area contributed by atoms with Crippen molar-refractivity contribution in [2.24, 2.45) is 0 Å². The standard InChI is InChI=1S/C18H28BrN/c1-18(2,3)16-10-8-15(9-11-16)14-20-13-5-7-17(20)6-4-12-19/h8-11,17H,4-7,12-14H2,1-3H3. The second kappa shape index (κ2) is 7.09. The third kappa shape index (κ3) is 4.33. The average molecular weight is 338 g/mol. The Morgan fingerprint density at radius 3 is 2.50 bits per heavy atom. The molecule has 1 aromatic rings. The van der Waals surface area contributed by atoms with Crippen molar-refractivity contribution in [3.63, 3.8) is 0 Å². The molecule has 0 aliphatic carbocycles. The summed E-state index contributed by atoms with van der Waals surface area (Å²) >= 11 is 3.55. The summed E-state index contributed by atoms with van der Waals surface area (Å²) in [5.74, 6) is 0. The molecule has 0 N–H and O–H groups in total. The fourth-order valence-corrected chi connectivity index (χ4v) is 3.41. The van der Waals surface area contributed by atoms with Crippen LogP contribution in [-0.4, -0.2) is 22.8 Å². The number of alkyl halides is 1. The number of likely N-dealkylation sites (tertiary alicyclic amines) is 1. The van der Waals surface area contributed by atoms with Crippen LogP contribution in [0.2, 0.25) is 0 Å². The predicted octanol–water partition coefficient (Wildman–Crippen LogP) is 5.12. The predicted molar refractivity (Wildman–Crippen MR) is 91.6 cm³/mol. The van der Waals surface area contributed by atoms with E-state index in [4.69, 9.17) is 0 Å². The van der Waals surface area contributed by atoms with E-state index in [0.29, 0.717) is 0 Å². The van der Waals surface area contributed by atoms with Crippen molar-refractivity contribution in [2.45, 2.75) is 64.5 Å². The van der Waals surface area contributed by atoms with Crippen molar-refractivity contribution in [1.29, 1.82) is 0 Å². The highest BCUT2D eigenvalue weighted by Gasteiger charge is 2.23. The van der Waals surface area contributed by atoms with Gasteiger partial charge in [0.25, 0.3) is 0 Å². The number of benzene rings is 1. The Kier molecular flexibility index (Phi) is 5.68. The minimum atomic E-state index is 0.255. The van der Waals surface area contributed by atoms with Gasteiger partial charge in [-0.25, -0.2) is 0 Å². The maximum atomic E-state index is 3.55. The minimum absolute atomic E-state index is 0.255. The van der Waals surface area contributed by atoms with Gasteiger partial charge in [-0.05, 0) is 48.8 Å². The second-order valence-electron chi connectivity index (χ2n) is 7.04. The molecule has 20 heavy (non-hydrogen) atoms. The van der Waals surface area contributed by atoms with Crippen LogP contribution in [0, 0.1) is 0 Å². The molecule has 0 amide bonds. The molecule has 1 aliphatic heterocycles. The van der Waals surface area contributed by atoms with Crippen LogP contribution in [-0.2, 0) is 12.0 Å². The van der Waals surface area contributed by atoms with Gasteiger partial charge in [0.2, 0.25) is 0 Å². The first-order valence-electron chi connectivity index (χ1n) is 7.90. The number of hydrogen-bond donors (Lipinski definition) is 0. The Morgan fingerprint density at radius 2 is 1.90 bits per heavy atom. The first-order chi connectivity index (χ1) is 9.50.